The van der Waals surface area contributed by atoms with Gasteiger partial charge in [-0.1, -0.05) is 101 Å². The predicted molar refractivity (Wildman–Crippen MR) is 116 cm³/mol. The lowest BCUT2D eigenvalue weighted by Crippen LogP contribution is -2.68. The Morgan fingerprint density at radius 2 is 0.846 bits per heavy atom. The van der Waals surface area contributed by atoms with Crippen molar-refractivity contribution < 1.29 is 0 Å². The summed E-state index contributed by atoms with van der Waals surface area (Å²) in [6.45, 7) is 10.8. The number of hydrogen-bond donors (Lipinski definition) is 0. The molecule has 0 unspecified atom stereocenters. The van der Waals surface area contributed by atoms with E-state index in [1.54, 1.807) is 0 Å². The van der Waals surface area contributed by atoms with Crippen LogP contribution in [0.2, 0.25) is 0 Å². The first kappa shape index (κ1) is 18.4. The summed E-state index contributed by atoms with van der Waals surface area (Å²) in [5.74, 6) is 0. The summed E-state index contributed by atoms with van der Waals surface area (Å²) in [6.07, 6.45) is 3.52. The zero-order valence-corrected chi connectivity index (χ0v) is 17.4. The first-order valence-electron chi connectivity index (χ1n) is 9.21. The Morgan fingerprint density at radius 3 is 1.08 bits per heavy atom. The van der Waals surface area contributed by atoms with Crippen molar-refractivity contribution in [3.05, 3.63) is 101 Å². The highest BCUT2D eigenvalue weighted by Gasteiger charge is 2.40. The molecule has 0 fully saturated rings. The monoisotopic (exact) mass is 355 g/mol. The minimum atomic E-state index is -2.29. The molecule has 1 heteroatoms. The molecule has 0 aliphatic heterocycles. The van der Waals surface area contributed by atoms with Crippen molar-refractivity contribution in [1.82, 2.24) is 0 Å². The molecule has 3 rings (SSSR count). The molecular weight excluding hydrogens is 328 g/mol. The molecular formula is C25H27Si. The summed E-state index contributed by atoms with van der Waals surface area (Å²) in [4.78, 5) is 0. The van der Waals surface area contributed by atoms with E-state index in [0.717, 1.165) is 0 Å². The van der Waals surface area contributed by atoms with Gasteiger partial charge >= 0.3 is 0 Å². The lowest BCUT2D eigenvalue weighted by molar-refractivity contribution is 1.44. The third kappa shape index (κ3) is 3.20. The average molecular weight is 356 g/mol. The second-order valence-corrected chi connectivity index (χ2v) is 11.2. The minimum absolute atomic E-state index is 1.30. The van der Waals surface area contributed by atoms with Crippen LogP contribution in [0.5, 0.6) is 0 Å². The van der Waals surface area contributed by atoms with Crippen LogP contribution in [0.3, 0.4) is 0 Å². The number of rotatable bonds is 4. The maximum absolute atomic E-state index is 3.52. The number of benzene rings is 3. The maximum Gasteiger partial charge on any atom is 0.175 e. The van der Waals surface area contributed by atoms with Crippen LogP contribution in [0.15, 0.2) is 78.0 Å². The second-order valence-electron chi connectivity index (χ2n) is 7.22. The third-order valence-corrected chi connectivity index (χ3v) is 10.4. The van der Waals surface area contributed by atoms with Gasteiger partial charge < -0.3 is 0 Å². The van der Waals surface area contributed by atoms with Crippen molar-refractivity contribution in [2.24, 2.45) is 0 Å². The SMILES string of the molecule is C[C]=C(C)[Si](c1ccc(C)cc1)(c1ccc(C)cc1)c1ccc(C)cc1. The Morgan fingerprint density at radius 1 is 0.577 bits per heavy atom. The fourth-order valence-electron chi connectivity index (χ4n) is 3.75. The Hall–Kier alpha value is -2.38. The first-order valence-corrected chi connectivity index (χ1v) is 11.2. The van der Waals surface area contributed by atoms with Crippen molar-refractivity contribution in [2.75, 3.05) is 0 Å². The highest BCUT2D eigenvalue weighted by molar-refractivity contribution is 7.16. The molecule has 0 N–H and O–H groups in total. The Bertz CT molecular complexity index is 787. The summed E-state index contributed by atoms with van der Waals surface area (Å²) < 4.78 is 0. The van der Waals surface area contributed by atoms with Gasteiger partial charge in [0.25, 0.3) is 0 Å². The van der Waals surface area contributed by atoms with Crippen LogP contribution in [0.1, 0.15) is 30.5 Å². The highest BCUT2D eigenvalue weighted by Crippen LogP contribution is 2.18. The highest BCUT2D eigenvalue weighted by atomic mass is 28.3. The van der Waals surface area contributed by atoms with Gasteiger partial charge in [-0.15, -0.1) is 0 Å². The van der Waals surface area contributed by atoms with E-state index in [1.165, 1.54) is 37.4 Å². The van der Waals surface area contributed by atoms with Crippen molar-refractivity contribution >= 4 is 23.6 Å². The minimum Gasteiger partial charge on any atom is -0.0673 e. The lowest BCUT2D eigenvalue weighted by atomic mass is 10.2. The molecule has 0 saturated carbocycles. The number of aryl methyl sites for hydroxylation is 3. The summed E-state index contributed by atoms with van der Waals surface area (Å²) in [5.41, 5.74) is 3.89. The summed E-state index contributed by atoms with van der Waals surface area (Å²) >= 11 is 0. The van der Waals surface area contributed by atoms with E-state index in [4.69, 9.17) is 0 Å². The van der Waals surface area contributed by atoms with E-state index in [0.29, 0.717) is 0 Å². The number of allylic oxidation sites excluding steroid dienone is 2. The smallest absolute Gasteiger partial charge is 0.0673 e. The molecule has 0 saturated heterocycles. The average Bonchev–Trinajstić information content (AvgIpc) is 2.66. The quantitative estimate of drug-likeness (QED) is 0.481. The Labute approximate surface area is 159 Å². The summed E-state index contributed by atoms with van der Waals surface area (Å²) in [5, 5.41) is 5.61. The zero-order chi connectivity index (χ0) is 18.7. The van der Waals surface area contributed by atoms with Gasteiger partial charge in [-0.3, -0.25) is 0 Å². The molecule has 0 nitrogen and oxygen atoms in total. The van der Waals surface area contributed by atoms with Crippen LogP contribution >= 0.6 is 0 Å². The van der Waals surface area contributed by atoms with Gasteiger partial charge in [0.2, 0.25) is 0 Å². The molecule has 0 aromatic heterocycles. The van der Waals surface area contributed by atoms with E-state index >= 15 is 0 Å². The van der Waals surface area contributed by atoms with Gasteiger partial charge in [0.1, 0.15) is 0 Å². The zero-order valence-electron chi connectivity index (χ0n) is 16.4. The molecule has 0 aliphatic rings. The van der Waals surface area contributed by atoms with E-state index in [1.807, 2.05) is 6.92 Å². The first-order chi connectivity index (χ1) is 12.5. The summed E-state index contributed by atoms with van der Waals surface area (Å²) in [6, 6.07) is 27.4. The standard InChI is InChI=1S/C25H27Si/c1-6-22(5)26(23-13-7-19(2)8-14-23,24-15-9-20(3)10-16-24)25-17-11-21(4)12-18-25/h7-18H,1-5H3. The van der Waals surface area contributed by atoms with Gasteiger partial charge in [0, 0.05) is 0 Å². The fourth-order valence-corrected chi connectivity index (χ4v) is 8.42. The van der Waals surface area contributed by atoms with Crippen molar-refractivity contribution in [1.29, 1.82) is 0 Å². The fraction of sp³-hybridized carbons (Fsp3) is 0.200. The van der Waals surface area contributed by atoms with E-state index < -0.39 is 8.07 Å². The van der Waals surface area contributed by atoms with Gasteiger partial charge in [0.05, 0.1) is 0 Å². The Balaban J connectivity index is 2.39. The molecule has 0 bridgehead atoms. The van der Waals surface area contributed by atoms with E-state index in [2.05, 4.69) is 107 Å². The van der Waals surface area contributed by atoms with Gasteiger partial charge in [-0.2, -0.15) is 0 Å². The molecule has 0 amide bonds. The van der Waals surface area contributed by atoms with Crippen LogP contribution < -0.4 is 15.6 Å². The molecule has 0 aliphatic carbocycles. The van der Waals surface area contributed by atoms with Gasteiger partial charge in [-0.25, -0.2) is 0 Å². The molecule has 3 aromatic carbocycles. The van der Waals surface area contributed by atoms with E-state index in [9.17, 15) is 0 Å². The largest absolute Gasteiger partial charge is 0.175 e. The van der Waals surface area contributed by atoms with Gasteiger partial charge in [0.15, 0.2) is 8.07 Å². The van der Waals surface area contributed by atoms with E-state index in [-0.39, 0.29) is 0 Å². The molecule has 26 heavy (non-hydrogen) atoms. The van der Waals surface area contributed by atoms with Crippen LogP contribution in [-0.2, 0) is 0 Å². The third-order valence-electron chi connectivity index (χ3n) is 5.39. The van der Waals surface area contributed by atoms with Crippen LogP contribution in [0.4, 0.5) is 0 Å². The Kier molecular flexibility index (Phi) is 5.29. The van der Waals surface area contributed by atoms with Crippen LogP contribution in [0.25, 0.3) is 0 Å². The van der Waals surface area contributed by atoms with Gasteiger partial charge in [-0.05, 0) is 50.2 Å². The molecule has 1 radical (unpaired) electrons. The molecule has 0 atom stereocenters. The molecule has 0 spiro atoms. The molecule has 0 heterocycles. The summed E-state index contributed by atoms with van der Waals surface area (Å²) in [7, 11) is -2.29. The number of hydrogen-bond acceptors (Lipinski definition) is 0. The normalized spacial score (nSPS) is 12.3. The van der Waals surface area contributed by atoms with Crippen molar-refractivity contribution in [2.45, 2.75) is 34.6 Å². The topological polar surface area (TPSA) is 0 Å². The lowest BCUT2D eigenvalue weighted by Gasteiger charge is -2.35. The van der Waals surface area contributed by atoms with Crippen molar-refractivity contribution in [3.63, 3.8) is 0 Å². The van der Waals surface area contributed by atoms with Crippen molar-refractivity contribution in [3.8, 4) is 0 Å². The molecule has 131 valence electrons. The van der Waals surface area contributed by atoms with Crippen LogP contribution in [-0.4, -0.2) is 8.07 Å². The molecule has 3 aromatic rings. The predicted octanol–water partition coefficient (Wildman–Crippen LogP) is 4.39. The second kappa shape index (κ2) is 7.47. The maximum atomic E-state index is 3.52. The van der Waals surface area contributed by atoms with Crippen LogP contribution in [0, 0.1) is 26.8 Å².